The van der Waals surface area contributed by atoms with Crippen molar-refractivity contribution in [3.8, 4) is 0 Å². The number of aromatic nitrogens is 2. The first kappa shape index (κ1) is 24.9. The molecule has 0 aliphatic carbocycles. The fourth-order valence-electron chi connectivity index (χ4n) is 3.40. The summed E-state index contributed by atoms with van der Waals surface area (Å²) in [6.45, 7) is 5.86. The van der Waals surface area contributed by atoms with Crippen LogP contribution in [0.4, 0.5) is 17.3 Å². The highest BCUT2D eigenvalue weighted by Gasteiger charge is 2.27. The molecular formula is C24H26N6O3S2. The molecule has 1 aromatic heterocycles. The summed E-state index contributed by atoms with van der Waals surface area (Å²) < 4.78 is 27.3. The van der Waals surface area contributed by atoms with E-state index in [1.807, 2.05) is 31.3 Å². The van der Waals surface area contributed by atoms with Gasteiger partial charge in [0.1, 0.15) is 5.03 Å². The second-order valence-electron chi connectivity index (χ2n) is 7.90. The van der Waals surface area contributed by atoms with Gasteiger partial charge in [0, 0.05) is 48.6 Å². The molecule has 2 N–H and O–H groups in total. The Morgan fingerprint density at radius 1 is 1.00 bits per heavy atom. The van der Waals surface area contributed by atoms with Crippen molar-refractivity contribution in [2.75, 3.05) is 43.9 Å². The van der Waals surface area contributed by atoms with Crippen LogP contribution >= 0.6 is 11.8 Å². The van der Waals surface area contributed by atoms with E-state index in [2.05, 4.69) is 32.1 Å². The van der Waals surface area contributed by atoms with Crippen molar-refractivity contribution in [2.45, 2.75) is 14.8 Å². The number of anilines is 3. The van der Waals surface area contributed by atoms with Crippen molar-refractivity contribution in [3.05, 3.63) is 73.4 Å². The lowest BCUT2D eigenvalue weighted by Crippen LogP contribution is -2.46. The Balaban J connectivity index is 1.39. The molecule has 2 aromatic carbocycles. The van der Waals surface area contributed by atoms with Crippen LogP contribution in [0.15, 0.2) is 88.3 Å². The molecule has 3 aromatic rings. The molecule has 1 aliphatic rings. The van der Waals surface area contributed by atoms with Crippen molar-refractivity contribution in [3.63, 3.8) is 0 Å². The number of amides is 1. The minimum Gasteiger partial charge on any atom is -0.324 e. The first-order chi connectivity index (χ1) is 16.8. The predicted molar refractivity (Wildman–Crippen MR) is 137 cm³/mol. The molecule has 1 fully saturated rings. The smallest absolute Gasteiger partial charge is 0.247 e. The molecule has 1 saturated heterocycles. The Hall–Kier alpha value is -3.25. The fourth-order valence-corrected chi connectivity index (χ4v) is 5.59. The Labute approximate surface area is 209 Å². The third-order valence-electron chi connectivity index (χ3n) is 5.37. The van der Waals surface area contributed by atoms with E-state index in [-0.39, 0.29) is 10.8 Å². The minimum absolute atomic E-state index is 0.262. The summed E-state index contributed by atoms with van der Waals surface area (Å²) in [5, 5.41) is 6.57. The maximum Gasteiger partial charge on any atom is 0.247 e. The van der Waals surface area contributed by atoms with Crippen molar-refractivity contribution < 1.29 is 13.2 Å². The van der Waals surface area contributed by atoms with Crippen LogP contribution < -0.4 is 10.6 Å². The molecule has 2 heterocycles. The van der Waals surface area contributed by atoms with E-state index >= 15 is 0 Å². The normalized spacial score (nSPS) is 14.9. The van der Waals surface area contributed by atoms with Crippen LogP contribution in [0, 0.1) is 0 Å². The zero-order chi connectivity index (χ0) is 24.8. The van der Waals surface area contributed by atoms with Gasteiger partial charge in [-0.15, -0.1) is 0 Å². The SMILES string of the molecule is C=CC(=O)Nc1ccc(Sc2ccnc(Nc3ccc(S(=O)(=O)N4CCN(C)CC4)cc3)n2)cc1. The number of hydrogen-bond acceptors (Lipinski definition) is 8. The highest BCUT2D eigenvalue weighted by molar-refractivity contribution is 7.99. The van der Waals surface area contributed by atoms with Crippen molar-refractivity contribution in [1.82, 2.24) is 19.2 Å². The first-order valence-electron chi connectivity index (χ1n) is 10.9. The molecule has 0 saturated carbocycles. The third-order valence-corrected chi connectivity index (χ3v) is 8.23. The van der Waals surface area contributed by atoms with E-state index in [4.69, 9.17) is 0 Å². The van der Waals surface area contributed by atoms with Gasteiger partial charge in [0.15, 0.2) is 0 Å². The Kier molecular flexibility index (Phi) is 7.81. The number of sulfonamides is 1. The largest absolute Gasteiger partial charge is 0.324 e. The number of benzene rings is 2. The number of rotatable bonds is 8. The summed E-state index contributed by atoms with van der Waals surface area (Å²) in [6, 6.07) is 15.8. The van der Waals surface area contributed by atoms with E-state index in [1.165, 1.54) is 22.1 Å². The third kappa shape index (κ3) is 6.45. The van der Waals surface area contributed by atoms with E-state index in [0.717, 1.165) is 23.0 Å². The molecule has 9 nitrogen and oxygen atoms in total. The Morgan fingerprint density at radius 2 is 1.66 bits per heavy atom. The number of hydrogen-bond donors (Lipinski definition) is 2. The molecule has 0 spiro atoms. The van der Waals surface area contributed by atoms with Gasteiger partial charge in [-0.1, -0.05) is 18.3 Å². The predicted octanol–water partition coefficient (Wildman–Crippen LogP) is 3.43. The zero-order valence-electron chi connectivity index (χ0n) is 19.2. The van der Waals surface area contributed by atoms with Crippen LogP contribution in [0.3, 0.4) is 0 Å². The summed E-state index contributed by atoms with van der Waals surface area (Å²) in [4.78, 5) is 23.5. The molecule has 182 valence electrons. The van der Waals surface area contributed by atoms with Crippen molar-refractivity contribution in [2.24, 2.45) is 0 Å². The van der Waals surface area contributed by atoms with Gasteiger partial charge in [0.25, 0.3) is 0 Å². The van der Waals surface area contributed by atoms with Crippen LogP contribution in [0.25, 0.3) is 0 Å². The molecule has 11 heteroatoms. The minimum atomic E-state index is -3.51. The summed E-state index contributed by atoms with van der Waals surface area (Å²) in [5.74, 6) is 0.140. The number of nitrogens with one attached hydrogen (secondary N) is 2. The molecule has 0 radical (unpaired) electrons. The summed E-state index contributed by atoms with van der Waals surface area (Å²) >= 11 is 1.46. The maximum absolute atomic E-state index is 12.9. The number of carbonyl (C=O) groups is 1. The van der Waals surface area contributed by atoms with Gasteiger partial charge in [0.05, 0.1) is 4.90 Å². The maximum atomic E-state index is 12.9. The monoisotopic (exact) mass is 510 g/mol. The lowest BCUT2D eigenvalue weighted by molar-refractivity contribution is -0.111. The van der Waals surface area contributed by atoms with Gasteiger partial charge >= 0.3 is 0 Å². The van der Waals surface area contributed by atoms with E-state index < -0.39 is 10.0 Å². The molecule has 0 bridgehead atoms. The lowest BCUT2D eigenvalue weighted by atomic mass is 10.3. The van der Waals surface area contributed by atoms with E-state index in [0.29, 0.717) is 30.4 Å². The van der Waals surface area contributed by atoms with Crippen LogP contribution in [0.2, 0.25) is 0 Å². The standard InChI is InChI=1S/C24H26N6O3S2/c1-3-22(31)26-18-4-8-20(9-5-18)34-23-12-13-25-24(28-23)27-19-6-10-21(11-7-19)35(32,33)30-16-14-29(2)15-17-30/h3-13H,1,14-17H2,2H3,(H,26,31)(H,25,27,28). The molecule has 1 amide bonds. The number of nitrogens with zero attached hydrogens (tertiary/aromatic N) is 4. The Morgan fingerprint density at radius 3 is 2.31 bits per heavy atom. The lowest BCUT2D eigenvalue weighted by Gasteiger charge is -2.31. The Bertz CT molecular complexity index is 1290. The molecule has 0 atom stereocenters. The number of carbonyl (C=O) groups excluding carboxylic acids is 1. The van der Waals surface area contributed by atoms with Crippen LogP contribution in [0.1, 0.15) is 0 Å². The molecule has 0 unspecified atom stereocenters. The van der Waals surface area contributed by atoms with E-state index in [1.54, 1.807) is 36.5 Å². The van der Waals surface area contributed by atoms with Gasteiger partial charge in [-0.3, -0.25) is 4.79 Å². The second-order valence-corrected chi connectivity index (χ2v) is 10.9. The average Bonchev–Trinajstić information content (AvgIpc) is 2.86. The molecule has 1 aliphatic heterocycles. The fraction of sp³-hybridized carbons (Fsp3) is 0.208. The van der Waals surface area contributed by atoms with Gasteiger partial charge < -0.3 is 15.5 Å². The quantitative estimate of drug-likeness (QED) is 0.351. The topological polar surface area (TPSA) is 108 Å². The highest BCUT2D eigenvalue weighted by Crippen LogP contribution is 2.28. The van der Waals surface area contributed by atoms with Crippen LogP contribution in [-0.2, 0) is 14.8 Å². The zero-order valence-corrected chi connectivity index (χ0v) is 20.8. The molecule has 4 rings (SSSR count). The van der Waals surface area contributed by atoms with Gasteiger partial charge in [-0.25, -0.2) is 18.4 Å². The average molecular weight is 511 g/mol. The molecule has 35 heavy (non-hydrogen) atoms. The highest BCUT2D eigenvalue weighted by atomic mass is 32.2. The number of likely N-dealkylation sites (N-methyl/N-ethyl adjacent to an activating group) is 1. The van der Waals surface area contributed by atoms with Gasteiger partial charge in [-0.2, -0.15) is 4.31 Å². The van der Waals surface area contributed by atoms with E-state index in [9.17, 15) is 13.2 Å². The van der Waals surface area contributed by atoms with Crippen molar-refractivity contribution in [1.29, 1.82) is 0 Å². The second kappa shape index (κ2) is 11.0. The molecular weight excluding hydrogens is 484 g/mol. The first-order valence-corrected chi connectivity index (χ1v) is 13.2. The van der Waals surface area contributed by atoms with Crippen LogP contribution in [0.5, 0.6) is 0 Å². The summed E-state index contributed by atoms with van der Waals surface area (Å²) in [6.07, 6.45) is 2.88. The van der Waals surface area contributed by atoms with Crippen LogP contribution in [-0.4, -0.2) is 66.7 Å². The van der Waals surface area contributed by atoms with Gasteiger partial charge in [-0.05, 0) is 67.7 Å². The van der Waals surface area contributed by atoms with Crippen molar-refractivity contribution >= 4 is 45.0 Å². The van der Waals surface area contributed by atoms with Gasteiger partial charge in [0.2, 0.25) is 21.9 Å². The summed E-state index contributed by atoms with van der Waals surface area (Å²) in [5.41, 5.74) is 1.37. The number of piperazine rings is 1. The summed E-state index contributed by atoms with van der Waals surface area (Å²) in [7, 11) is -1.52.